The highest BCUT2D eigenvalue weighted by molar-refractivity contribution is 5.93. The molecule has 9 heteroatoms. The second-order valence-corrected chi connectivity index (χ2v) is 8.50. The molecule has 1 saturated heterocycles. The van der Waals surface area contributed by atoms with Crippen molar-refractivity contribution in [2.75, 3.05) is 6.61 Å². The molecule has 1 fully saturated rings. The third kappa shape index (κ3) is 3.78. The lowest BCUT2D eigenvalue weighted by Crippen LogP contribution is -2.54. The van der Waals surface area contributed by atoms with Gasteiger partial charge in [-0.05, 0) is 43.7 Å². The van der Waals surface area contributed by atoms with Crippen molar-refractivity contribution >= 4 is 23.0 Å². The Kier molecular flexibility index (Phi) is 5.53. The molecule has 1 unspecified atom stereocenters. The van der Waals surface area contributed by atoms with Crippen LogP contribution < -0.4 is 16.7 Å². The minimum absolute atomic E-state index is 0.248. The van der Waals surface area contributed by atoms with Crippen LogP contribution in [0.15, 0.2) is 16.9 Å². The molecule has 2 aromatic rings. The van der Waals surface area contributed by atoms with E-state index in [1.54, 1.807) is 27.7 Å². The zero-order chi connectivity index (χ0) is 21.5. The van der Waals surface area contributed by atoms with Gasteiger partial charge in [0.2, 0.25) is 5.91 Å². The fourth-order valence-electron chi connectivity index (χ4n) is 3.75. The Balaban J connectivity index is 2.17. The molecule has 0 spiro atoms. The van der Waals surface area contributed by atoms with Crippen LogP contribution in [0.3, 0.4) is 0 Å². The summed E-state index contributed by atoms with van der Waals surface area (Å²) in [5, 5.41) is 2.56. The summed E-state index contributed by atoms with van der Waals surface area (Å²) >= 11 is 0. The van der Waals surface area contributed by atoms with Crippen LogP contribution in [0.1, 0.15) is 51.8 Å². The summed E-state index contributed by atoms with van der Waals surface area (Å²) in [5.41, 5.74) is 4.96. The lowest BCUT2D eigenvalue weighted by atomic mass is 9.86. The number of ether oxygens (including phenoxy) is 1. The Morgan fingerprint density at radius 3 is 2.55 bits per heavy atom. The van der Waals surface area contributed by atoms with Gasteiger partial charge in [-0.2, -0.15) is 0 Å². The van der Waals surface area contributed by atoms with Gasteiger partial charge in [-0.15, -0.1) is 0 Å². The number of imidazole rings is 1. The maximum atomic E-state index is 14.3. The van der Waals surface area contributed by atoms with E-state index in [-0.39, 0.29) is 11.1 Å². The molecule has 158 valence electrons. The zero-order valence-electron chi connectivity index (χ0n) is 17.1. The molecule has 3 rings (SSSR count). The van der Waals surface area contributed by atoms with Crippen LogP contribution in [0.5, 0.6) is 0 Å². The number of nitrogens with one attached hydrogen (secondary N) is 1. The molecule has 2 amide bonds. The van der Waals surface area contributed by atoms with Gasteiger partial charge in [0.05, 0.1) is 11.0 Å². The van der Waals surface area contributed by atoms with Gasteiger partial charge >= 0.3 is 11.7 Å². The molecule has 3 N–H and O–H groups in total. The number of hydrogen-bond acceptors (Lipinski definition) is 4. The van der Waals surface area contributed by atoms with Crippen molar-refractivity contribution in [3.8, 4) is 0 Å². The summed E-state index contributed by atoms with van der Waals surface area (Å²) in [6, 6.07) is 0.809. The normalized spacial score (nSPS) is 18.6. The smallest absolute Gasteiger partial charge is 0.339 e. The number of amides is 2. The third-order valence-corrected chi connectivity index (χ3v) is 5.29. The Morgan fingerprint density at radius 1 is 1.31 bits per heavy atom. The topological polar surface area (TPSA) is 108 Å². The van der Waals surface area contributed by atoms with Crippen LogP contribution in [-0.4, -0.2) is 33.7 Å². The van der Waals surface area contributed by atoms with Crippen molar-refractivity contribution in [1.29, 1.82) is 0 Å². The quantitative estimate of drug-likeness (QED) is 0.816. The molecule has 2 heterocycles. The lowest BCUT2D eigenvalue weighted by Gasteiger charge is -2.28. The van der Waals surface area contributed by atoms with E-state index in [1.165, 1.54) is 16.7 Å². The predicted octanol–water partition coefficient (Wildman–Crippen LogP) is 2.41. The first-order valence-corrected chi connectivity index (χ1v) is 9.68. The van der Waals surface area contributed by atoms with Gasteiger partial charge in [-0.25, -0.2) is 18.5 Å². The highest BCUT2D eigenvalue weighted by atomic mass is 19.1. The molecule has 1 aromatic heterocycles. The number of hydrogen-bond donors (Lipinski definition) is 2. The summed E-state index contributed by atoms with van der Waals surface area (Å²) in [4.78, 5) is 38.1. The van der Waals surface area contributed by atoms with Gasteiger partial charge in [0.15, 0.2) is 0 Å². The van der Waals surface area contributed by atoms with E-state index < -0.39 is 41.1 Å². The summed E-state index contributed by atoms with van der Waals surface area (Å²) in [5.74, 6) is -1.19. The van der Waals surface area contributed by atoms with Gasteiger partial charge in [0, 0.05) is 12.2 Å². The third-order valence-electron chi connectivity index (χ3n) is 5.29. The summed E-state index contributed by atoms with van der Waals surface area (Å²) < 4.78 is 22.3. The van der Waals surface area contributed by atoms with Crippen molar-refractivity contribution in [3.63, 3.8) is 0 Å². The van der Waals surface area contributed by atoms with Crippen molar-refractivity contribution in [3.05, 3.63) is 34.0 Å². The largest absolute Gasteiger partial charge is 0.368 e. The van der Waals surface area contributed by atoms with Crippen molar-refractivity contribution < 1.29 is 18.7 Å². The number of nitrogens with zero attached hydrogens (tertiary/aromatic N) is 2. The van der Waals surface area contributed by atoms with E-state index in [1.807, 2.05) is 0 Å². The van der Waals surface area contributed by atoms with Crippen molar-refractivity contribution in [2.24, 2.45) is 11.1 Å². The number of aromatic nitrogens is 2. The van der Waals surface area contributed by atoms with Gasteiger partial charge in [0.25, 0.3) is 0 Å². The van der Waals surface area contributed by atoms with Gasteiger partial charge in [-0.3, -0.25) is 9.36 Å². The molecule has 8 nitrogen and oxygen atoms in total. The molecule has 1 aliphatic rings. The van der Waals surface area contributed by atoms with Gasteiger partial charge in [0.1, 0.15) is 18.1 Å². The minimum Gasteiger partial charge on any atom is -0.368 e. The minimum atomic E-state index is -0.993. The average Bonchev–Trinajstić information content (AvgIpc) is 2.95. The Hall–Kier alpha value is -2.68. The maximum Gasteiger partial charge on any atom is 0.339 e. The monoisotopic (exact) mass is 406 g/mol. The number of nitrogens with two attached hydrogens (primary N) is 1. The Labute approximate surface area is 167 Å². The number of fused-ring (bicyclic) bond motifs is 1. The number of primary amides is 1. The highest BCUT2D eigenvalue weighted by Crippen LogP contribution is 2.28. The van der Waals surface area contributed by atoms with Gasteiger partial charge in [-0.1, -0.05) is 20.8 Å². The molecular weight excluding hydrogens is 379 g/mol. The van der Waals surface area contributed by atoms with E-state index in [9.17, 15) is 18.8 Å². The fourth-order valence-corrected chi connectivity index (χ4v) is 3.75. The highest BCUT2D eigenvalue weighted by Gasteiger charge is 2.33. The van der Waals surface area contributed by atoms with Crippen molar-refractivity contribution in [1.82, 2.24) is 14.5 Å². The van der Waals surface area contributed by atoms with Crippen LogP contribution in [-0.2, 0) is 9.53 Å². The molecule has 0 saturated carbocycles. The lowest BCUT2D eigenvalue weighted by molar-refractivity contribution is -0.122. The molecule has 1 aliphatic heterocycles. The molecule has 29 heavy (non-hydrogen) atoms. The van der Waals surface area contributed by atoms with Crippen LogP contribution in [0.4, 0.5) is 9.18 Å². The molecule has 1 aromatic carbocycles. The summed E-state index contributed by atoms with van der Waals surface area (Å²) in [6.45, 7) is 7.30. The second-order valence-electron chi connectivity index (χ2n) is 8.50. The first kappa shape index (κ1) is 21.0. The van der Waals surface area contributed by atoms with E-state index in [2.05, 4.69) is 5.32 Å². The van der Waals surface area contributed by atoms with Crippen molar-refractivity contribution in [2.45, 2.75) is 59.2 Å². The van der Waals surface area contributed by atoms with Crippen LogP contribution >= 0.6 is 0 Å². The Bertz CT molecular complexity index is 1010. The fraction of sp³-hybridized carbons (Fsp3) is 0.550. The number of benzene rings is 1. The van der Waals surface area contributed by atoms with E-state index in [4.69, 9.17) is 10.5 Å². The molecule has 0 aliphatic carbocycles. The number of carbonyl (C=O) groups is 2. The maximum absolute atomic E-state index is 14.3. The molecular formula is C20H27FN4O4. The second kappa shape index (κ2) is 7.62. The first-order valence-electron chi connectivity index (χ1n) is 9.68. The first-order chi connectivity index (χ1) is 13.5. The van der Waals surface area contributed by atoms with Crippen LogP contribution in [0.25, 0.3) is 11.0 Å². The zero-order valence-corrected chi connectivity index (χ0v) is 17.1. The molecule has 0 radical (unpaired) electrons. The number of halogens is 1. The molecule has 2 atom stereocenters. The van der Waals surface area contributed by atoms with Crippen LogP contribution in [0.2, 0.25) is 0 Å². The average molecular weight is 406 g/mol. The number of aryl methyl sites for hydroxylation is 1. The van der Waals surface area contributed by atoms with E-state index in [0.29, 0.717) is 18.5 Å². The molecule has 0 bridgehead atoms. The number of rotatable bonds is 3. The van der Waals surface area contributed by atoms with E-state index in [0.717, 1.165) is 17.4 Å². The van der Waals surface area contributed by atoms with Crippen LogP contribution in [0, 0.1) is 18.2 Å². The van der Waals surface area contributed by atoms with E-state index >= 15 is 0 Å². The SMILES string of the molecule is Cc1c(F)ccc2c1n(C1CCCCO1)c(=O)n2C(=O)N[C@H](C(N)=O)C(C)(C)C. The summed E-state index contributed by atoms with van der Waals surface area (Å²) in [6.07, 6.45) is 1.74. The standard InChI is InChI=1S/C20H27FN4O4/c1-11-12(21)8-9-13-15(11)25(14-7-5-6-10-29-14)19(28)24(13)18(27)23-16(17(22)26)20(2,3)4/h8-9,14,16H,5-7,10H2,1-4H3,(H2,22,26)(H,23,27)/t14?,16-/m1/s1. The Morgan fingerprint density at radius 2 is 2.00 bits per heavy atom. The number of carbonyl (C=O) groups excluding carboxylic acids is 2. The predicted molar refractivity (Wildman–Crippen MR) is 106 cm³/mol. The van der Waals surface area contributed by atoms with Gasteiger partial charge < -0.3 is 15.8 Å². The summed E-state index contributed by atoms with van der Waals surface area (Å²) in [7, 11) is 0.